The molecule has 0 aliphatic carbocycles. The van der Waals surface area contributed by atoms with Gasteiger partial charge in [-0.1, -0.05) is 30.3 Å². The number of aliphatic hydroxyl groups excluding tert-OH is 1. The van der Waals surface area contributed by atoms with Crippen molar-refractivity contribution in [1.29, 1.82) is 0 Å². The van der Waals surface area contributed by atoms with Gasteiger partial charge in [0.15, 0.2) is 0 Å². The molecule has 1 aromatic carbocycles. The van der Waals surface area contributed by atoms with Gasteiger partial charge in [-0.25, -0.2) is 8.51 Å². The molecule has 1 aromatic rings. The summed E-state index contributed by atoms with van der Waals surface area (Å²) in [4.78, 5) is 0. The lowest BCUT2D eigenvalue weighted by molar-refractivity contribution is 0.124. The second kappa shape index (κ2) is 6.83. The Morgan fingerprint density at radius 2 is 2.00 bits per heavy atom. The maximum Gasteiger partial charge on any atom is 0.234 e. The fourth-order valence-corrected chi connectivity index (χ4v) is 1.77. The fraction of sp³-hybridized carbons (Fsp3) is 0.455. The van der Waals surface area contributed by atoms with Crippen molar-refractivity contribution in [3.63, 3.8) is 0 Å². The van der Waals surface area contributed by atoms with Crippen molar-refractivity contribution < 1.29 is 13.9 Å². The maximum absolute atomic E-state index is 10.7. The second-order valence-electron chi connectivity index (χ2n) is 3.96. The molecule has 0 heterocycles. The average molecular weight is 258 g/mol. The Morgan fingerprint density at radius 3 is 2.53 bits per heavy atom. The lowest BCUT2D eigenvalue weighted by Gasteiger charge is -2.22. The zero-order valence-electron chi connectivity index (χ0n) is 9.69. The van der Waals surface area contributed by atoms with Crippen LogP contribution in [-0.4, -0.2) is 43.9 Å². The van der Waals surface area contributed by atoms with Crippen LogP contribution in [0.2, 0.25) is 0 Å². The number of likely N-dealkylation sites (N-methyl/N-ethyl adjacent to an activating group) is 1. The highest BCUT2D eigenvalue weighted by atomic mass is 32.2. The molecular weight excluding hydrogens is 240 g/mol. The molecule has 0 aliphatic rings. The predicted molar refractivity (Wildman–Crippen MR) is 67.5 cm³/mol. The molecule has 0 aromatic heterocycles. The standard InChI is InChI=1S/C11H18N2O3S/c1-13(17(15)16)8-11(14)10(12)7-9-5-3-2-4-6-9/h2-6,10-11,14H,7-8,12H2,1H3,(H,15,16)/t10-,11+/m0/s1. The molecule has 0 aliphatic heterocycles. The average Bonchev–Trinajstić information content (AvgIpc) is 2.29. The van der Waals surface area contributed by atoms with Crippen LogP contribution >= 0.6 is 0 Å². The van der Waals surface area contributed by atoms with Crippen LogP contribution in [0.3, 0.4) is 0 Å². The maximum atomic E-state index is 10.7. The van der Waals surface area contributed by atoms with Crippen LogP contribution in [0.15, 0.2) is 30.3 Å². The first-order valence-corrected chi connectivity index (χ1v) is 6.36. The Labute approximate surface area is 104 Å². The number of benzene rings is 1. The molecule has 0 radical (unpaired) electrons. The molecule has 0 saturated heterocycles. The number of nitrogens with zero attached hydrogens (tertiary/aromatic N) is 1. The zero-order valence-corrected chi connectivity index (χ0v) is 10.5. The summed E-state index contributed by atoms with van der Waals surface area (Å²) in [6, 6.07) is 9.13. The normalized spacial score (nSPS) is 16.8. The van der Waals surface area contributed by atoms with E-state index in [2.05, 4.69) is 0 Å². The smallest absolute Gasteiger partial charge is 0.234 e. The fourth-order valence-electron chi connectivity index (χ4n) is 1.48. The largest absolute Gasteiger partial charge is 0.390 e. The second-order valence-corrected chi connectivity index (χ2v) is 5.05. The summed E-state index contributed by atoms with van der Waals surface area (Å²) < 4.78 is 20.6. The van der Waals surface area contributed by atoms with Gasteiger partial charge in [0.25, 0.3) is 0 Å². The van der Waals surface area contributed by atoms with Gasteiger partial charge in [0.05, 0.1) is 6.10 Å². The van der Waals surface area contributed by atoms with E-state index in [0.29, 0.717) is 6.42 Å². The van der Waals surface area contributed by atoms with Gasteiger partial charge in [-0.05, 0) is 12.0 Å². The topological polar surface area (TPSA) is 86.8 Å². The SMILES string of the molecule is CN(C[C@@H](O)[C@@H](N)Cc1ccccc1)S(=O)O. The Morgan fingerprint density at radius 1 is 1.41 bits per heavy atom. The Bertz CT molecular complexity index is 361. The first-order chi connectivity index (χ1) is 8.00. The van der Waals surface area contributed by atoms with Gasteiger partial charge in [0.2, 0.25) is 11.3 Å². The van der Waals surface area contributed by atoms with Gasteiger partial charge in [-0.2, -0.15) is 0 Å². The quantitative estimate of drug-likeness (QED) is 0.626. The van der Waals surface area contributed by atoms with Gasteiger partial charge < -0.3 is 10.8 Å². The minimum atomic E-state index is -2.08. The molecule has 3 atom stereocenters. The van der Waals surface area contributed by atoms with Crippen molar-refractivity contribution >= 4 is 11.3 Å². The highest BCUT2D eigenvalue weighted by molar-refractivity contribution is 7.76. The summed E-state index contributed by atoms with van der Waals surface area (Å²) in [5.41, 5.74) is 6.87. The molecule has 17 heavy (non-hydrogen) atoms. The Hall–Kier alpha value is -0.790. The first-order valence-electron chi connectivity index (χ1n) is 5.30. The molecule has 0 spiro atoms. The molecule has 1 rings (SSSR count). The minimum absolute atomic E-state index is 0.0666. The molecule has 96 valence electrons. The third-order valence-corrected chi connectivity index (χ3v) is 3.20. The third kappa shape index (κ3) is 4.93. The Kier molecular flexibility index (Phi) is 5.73. The highest BCUT2D eigenvalue weighted by Gasteiger charge is 2.19. The van der Waals surface area contributed by atoms with Crippen LogP contribution in [0.4, 0.5) is 0 Å². The van der Waals surface area contributed by atoms with E-state index in [-0.39, 0.29) is 6.54 Å². The summed E-state index contributed by atoms with van der Waals surface area (Å²) in [6.45, 7) is 0.0666. The van der Waals surface area contributed by atoms with Crippen LogP contribution in [0.1, 0.15) is 5.56 Å². The lowest BCUT2D eigenvalue weighted by Crippen LogP contribution is -2.44. The van der Waals surface area contributed by atoms with Crippen LogP contribution in [-0.2, 0) is 17.7 Å². The van der Waals surface area contributed by atoms with E-state index in [4.69, 9.17) is 10.3 Å². The van der Waals surface area contributed by atoms with E-state index in [9.17, 15) is 9.32 Å². The summed E-state index contributed by atoms with van der Waals surface area (Å²) in [5, 5.41) is 9.79. The van der Waals surface area contributed by atoms with E-state index in [0.717, 1.165) is 9.87 Å². The molecule has 5 nitrogen and oxygen atoms in total. The lowest BCUT2D eigenvalue weighted by atomic mass is 10.0. The zero-order chi connectivity index (χ0) is 12.8. The summed E-state index contributed by atoms with van der Waals surface area (Å²) in [6.07, 6.45) is -0.301. The van der Waals surface area contributed by atoms with Gasteiger partial charge in [-0.15, -0.1) is 0 Å². The van der Waals surface area contributed by atoms with E-state index >= 15 is 0 Å². The number of rotatable bonds is 6. The highest BCUT2D eigenvalue weighted by Crippen LogP contribution is 2.05. The summed E-state index contributed by atoms with van der Waals surface area (Å²) >= 11 is -2.08. The van der Waals surface area contributed by atoms with Crippen LogP contribution < -0.4 is 5.73 Å². The predicted octanol–water partition coefficient (Wildman–Crippen LogP) is -0.0142. The number of hydrogen-bond acceptors (Lipinski definition) is 3. The van der Waals surface area contributed by atoms with Crippen molar-refractivity contribution in [2.75, 3.05) is 13.6 Å². The molecule has 0 amide bonds. The van der Waals surface area contributed by atoms with E-state index in [1.54, 1.807) is 0 Å². The summed E-state index contributed by atoms with van der Waals surface area (Å²) in [7, 11) is 1.45. The number of hydrogen-bond donors (Lipinski definition) is 3. The minimum Gasteiger partial charge on any atom is -0.390 e. The molecular formula is C11H18N2O3S. The van der Waals surface area contributed by atoms with Gasteiger partial charge in [0, 0.05) is 19.6 Å². The van der Waals surface area contributed by atoms with E-state index < -0.39 is 23.4 Å². The molecule has 1 unspecified atom stereocenters. The van der Waals surface area contributed by atoms with Crippen molar-refractivity contribution in [3.05, 3.63) is 35.9 Å². The molecule has 0 saturated carbocycles. The van der Waals surface area contributed by atoms with Gasteiger partial charge >= 0.3 is 0 Å². The van der Waals surface area contributed by atoms with Crippen LogP contribution in [0.5, 0.6) is 0 Å². The van der Waals surface area contributed by atoms with Crippen molar-refractivity contribution in [2.24, 2.45) is 5.73 Å². The Balaban J connectivity index is 2.47. The number of nitrogens with two attached hydrogens (primary N) is 1. The van der Waals surface area contributed by atoms with Gasteiger partial charge in [-0.3, -0.25) is 4.55 Å². The van der Waals surface area contributed by atoms with Crippen molar-refractivity contribution in [1.82, 2.24) is 4.31 Å². The van der Waals surface area contributed by atoms with E-state index in [1.807, 2.05) is 30.3 Å². The molecule has 6 heteroatoms. The van der Waals surface area contributed by atoms with Crippen molar-refractivity contribution in [3.8, 4) is 0 Å². The van der Waals surface area contributed by atoms with E-state index in [1.165, 1.54) is 7.05 Å². The van der Waals surface area contributed by atoms with Gasteiger partial charge in [0.1, 0.15) is 0 Å². The summed E-state index contributed by atoms with van der Waals surface area (Å²) in [5.74, 6) is 0. The first kappa shape index (κ1) is 14.3. The van der Waals surface area contributed by atoms with Crippen LogP contribution in [0.25, 0.3) is 0 Å². The van der Waals surface area contributed by atoms with Crippen molar-refractivity contribution in [2.45, 2.75) is 18.6 Å². The molecule has 0 fully saturated rings. The molecule has 0 bridgehead atoms. The number of aliphatic hydroxyl groups is 1. The van der Waals surface area contributed by atoms with Crippen LogP contribution in [0, 0.1) is 0 Å². The molecule has 4 N–H and O–H groups in total. The third-order valence-electron chi connectivity index (χ3n) is 2.52. The monoisotopic (exact) mass is 258 g/mol.